The molecule has 2 N–H and O–H groups in total. The second-order valence-electron chi connectivity index (χ2n) is 3.39. The summed E-state index contributed by atoms with van der Waals surface area (Å²) in [5.74, 6) is -0.500. The third-order valence-electron chi connectivity index (χ3n) is 1.51. The second kappa shape index (κ2) is 7.05. The van der Waals surface area contributed by atoms with Crippen LogP contribution in [0.1, 0.15) is 13.8 Å². The molecule has 0 radical (unpaired) electrons. The average Bonchev–Trinajstić information content (AvgIpc) is 2.21. The number of carbonyl (C=O) groups is 2. The van der Waals surface area contributed by atoms with Crippen LogP contribution < -0.4 is 5.32 Å². The summed E-state index contributed by atoms with van der Waals surface area (Å²) in [6, 6.07) is -1.07. The maximum atomic E-state index is 11.1. The Bertz CT molecular complexity index is 217. The molecule has 0 saturated carbocycles. The molecule has 0 aromatic rings. The van der Waals surface area contributed by atoms with E-state index >= 15 is 0 Å². The van der Waals surface area contributed by atoms with Crippen LogP contribution in [-0.4, -0.2) is 43.5 Å². The van der Waals surface area contributed by atoms with Crippen molar-refractivity contribution in [2.45, 2.75) is 19.9 Å². The Balaban J connectivity index is 3.96. The summed E-state index contributed by atoms with van der Waals surface area (Å²) in [6.45, 7) is 3.50. The number of ether oxygens (including phenoxy) is 2. The van der Waals surface area contributed by atoms with Gasteiger partial charge in [-0.15, -0.1) is 0 Å². The van der Waals surface area contributed by atoms with Gasteiger partial charge in [0.2, 0.25) is 0 Å². The molecule has 0 saturated heterocycles. The minimum absolute atomic E-state index is 0.210. The van der Waals surface area contributed by atoms with Crippen LogP contribution in [0.25, 0.3) is 0 Å². The van der Waals surface area contributed by atoms with Gasteiger partial charge >= 0.3 is 12.1 Å². The zero-order valence-corrected chi connectivity index (χ0v) is 9.15. The number of methoxy groups -OCH3 is 1. The number of aliphatic hydroxyl groups excluding tert-OH is 1. The topological polar surface area (TPSA) is 84.9 Å². The smallest absolute Gasteiger partial charge is 0.407 e. The molecule has 0 aliphatic rings. The van der Waals surface area contributed by atoms with Crippen LogP contribution >= 0.6 is 0 Å². The third-order valence-corrected chi connectivity index (χ3v) is 1.51. The quantitative estimate of drug-likeness (QED) is 0.631. The molecule has 88 valence electrons. The van der Waals surface area contributed by atoms with Crippen molar-refractivity contribution in [1.29, 1.82) is 0 Å². The first-order valence-electron chi connectivity index (χ1n) is 4.63. The van der Waals surface area contributed by atoms with Crippen molar-refractivity contribution in [3.8, 4) is 0 Å². The summed E-state index contributed by atoms with van der Waals surface area (Å²) >= 11 is 0. The summed E-state index contributed by atoms with van der Waals surface area (Å²) in [5, 5.41) is 11.0. The molecule has 1 atom stereocenters. The van der Waals surface area contributed by atoms with E-state index in [4.69, 9.17) is 9.84 Å². The van der Waals surface area contributed by atoms with Crippen LogP contribution in [-0.2, 0) is 14.3 Å². The zero-order valence-electron chi connectivity index (χ0n) is 9.15. The molecule has 0 rings (SSSR count). The van der Waals surface area contributed by atoms with Crippen LogP contribution in [0.2, 0.25) is 0 Å². The number of nitrogens with one attached hydrogen (secondary N) is 1. The first-order valence-corrected chi connectivity index (χ1v) is 4.63. The van der Waals surface area contributed by atoms with Gasteiger partial charge in [-0.3, -0.25) is 0 Å². The minimum Gasteiger partial charge on any atom is -0.467 e. The van der Waals surface area contributed by atoms with E-state index in [1.165, 1.54) is 7.11 Å². The number of rotatable bonds is 5. The summed E-state index contributed by atoms with van der Waals surface area (Å²) in [4.78, 5) is 22.0. The van der Waals surface area contributed by atoms with Crippen molar-refractivity contribution in [3.63, 3.8) is 0 Å². The van der Waals surface area contributed by atoms with E-state index in [2.05, 4.69) is 10.1 Å². The van der Waals surface area contributed by atoms with Gasteiger partial charge in [0.15, 0.2) is 6.04 Å². The number of alkyl carbamates (subject to hydrolysis) is 1. The molecule has 0 heterocycles. The third kappa shape index (κ3) is 5.90. The Kier molecular flexibility index (Phi) is 6.44. The van der Waals surface area contributed by atoms with Crippen molar-refractivity contribution < 1.29 is 24.2 Å². The van der Waals surface area contributed by atoms with E-state index < -0.39 is 24.7 Å². The van der Waals surface area contributed by atoms with E-state index in [9.17, 15) is 9.59 Å². The minimum atomic E-state index is -1.07. The fourth-order valence-corrected chi connectivity index (χ4v) is 0.748. The Hall–Kier alpha value is -1.30. The standard InChI is InChI=1S/C9H17NO5/c1-6(2)5-15-9(13)10-7(4-11)8(12)14-3/h6-7,11H,4-5H2,1-3H3,(H,10,13). The number of hydrogen-bond acceptors (Lipinski definition) is 5. The lowest BCUT2D eigenvalue weighted by atomic mass is 10.2. The maximum absolute atomic E-state index is 11.1. The number of esters is 1. The first-order chi connectivity index (χ1) is 7.01. The summed E-state index contributed by atoms with van der Waals surface area (Å²) in [5.41, 5.74) is 0. The van der Waals surface area contributed by atoms with Crippen molar-refractivity contribution in [3.05, 3.63) is 0 Å². The molecule has 0 spiro atoms. The highest BCUT2D eigenvalue weighted by molar-refractivity contribution is 5.81. The Morgan fingerprint density at radius 3 is 2.40 bits per heavy atom. The molecule has 0 aliphatic carbocycles. The van der Waals surface area contributed by atoms with E-state index in [0.717, 1.165) is 0 Å². The van der Waals surface area contributed by atoms with Crippen LogP contribution in [0.3, 0.4) is 0 Å². The molecule has 0 aromatic heterocycles. The molecule has 6 heteroatoms. The molecule has 1 amide bonds. The summed E-state index contributed by atoms with van der Waals surface area (Å²) in [7, 11) is 1.17. The van der Waals surface area contributed by atoms with Gasteiger partial charge in [-0.05, 0) is 5.92 Å². The molecule has 0 bridgehead atoms. The van der Waals surface area contributed by atoms with Gasteiger partial charge in [-0.25, -0.2) is 9.59 Å². The van der Waals surface area contributed by atoms with Gasteiger partial charge in [-0.1, -0.05) is 13.8 Å². The molecular weight excluding hydrogens is 202 g/mol. The fraction of sp³-hybridized carbons (Fsp3) is 0.778. The Morgan fingerprint density at radius 2 is 2.00 bits per heavy atom. The monoisotopic (exact) mass is 219 g/mol. The Morgan fingerprint density at radius 1 is 1.40 bits per heavy atom. The van der Waals surface area contributed by atoms with Gasteiger partial charge in [0, 0.05) is 0 Å². The number of amides is 1. The first kappa shape index (κ1) is 13.7. The van der Waals surface area contributed by atoms with Crippen molar-refractivity contribution in [1.82, 2.24) is 5.32 Å². The van der Waals surface area contributed by atoms with E-state index in [0.29, 0.717) is 0 Å². The predicted octanol–water partition coefficient (Wildman–Crippen LogP) is -0.0975. The van der Waals surface area contributed by atoms with E-state index in [-0.39, 0.29) is 12.5 Å². The normalized spacial score (nSPS) is 12.1. The molecular formula is C9H17NO5. The van der Waals surface area contributed by atoms with Crippen LogP contribution in [0.5, 0.6) is 0 Å². The lowest BCUT2D eigenvalue weighted by Crippen LogP contribution is -2.44. The summed E-state index contributed by atoms with van der Waals surface area (Å²) in [6.07, 6.45) is -0.742. The predicted molar refractivity (Wildman–Crippen MR) is 52.2 cm³/mol. The molecule has 0 fully saturated rings. The van der Waals surface area contributed by atoms with Gasteiger partial charge in [0.25, 0.3) is 0 Å². The average molecular weight is 219 g/mol. The zero-order chi connectivity index (χ0) is 11.8. The fourth-order valence-electron chi connectivity index (χ4n) is 0.748. The van der Waals surface area contributed by atoms with E-state index in [1.807, 2.05) is 13.8 Å². The van der Waals surface area contributed by atoms with E-state index in [1.54, 1.807) is 0 Å². The lowest BCUT2D eigenvalue weighted by molar-refractivity contribution is -0.144. The highest BCUT2D eigenvalue weighted by Crippen LogP contribution is 1.94. The van der Waals surface area contributed by atoms with Gasteiger partial charge in [0.05, 0.1) is 20.3 Å². The number of aliphatic hydroxyl groups is 1. The van der Waals surface area contributed by atoms with Gasteiger partial charge in [0.1, 0.15) is 0 Å². The molecule has 6 nitrogen and oxygen atoms in total. The summed E-state index contributed by atoms with van der Waals surface area (Å²) < 4.78 is 9.12. The molecule has 15 heavy (non-hydrogen) atoms. The van der Waals surface area contributed by atoms with Crippen LogP contribution in [0.15, 0.2) is 0 Å². The Labute approximate surface area is 88.6 Å². The SMILES string of the molecule is COC(=O)C(CO)NC(=O)OCC(C)C. The largest absolute Gasteiger partial charge is 0.467 e. The van der Waals surface area contributed by atoms with Crippen molar-refractivity contribution in [2.24, 2.45) is 5.92 Å². The molecule has 0 aromatic carbocycles. The van der Waals surface area contributed by atoms with Crippen molar-refractivity contribution >= 4 is 12.1 Å². The molecule has 0 aliphatic heterocycles. The van der Waals surface area contributed by atoms with Crippen LogP contribution in [0, 0.1) is 5.92 Å². The molecule has 1 unspecified atom stereocenters. The maximum Gasteiger partial charge on any atom is 0.407 e. The second-order valence-corrected chi connectivity index (χ2v) is 3.39. The number of carbonyl (C=O) groups excluding carboxylic acids is 2. The number of hydrogen-bond donors (Lipinski definition) is 2. The van der Waals surface area contributed by atoms with Gasteiger partial charge in [-0.2, -0.15) is 0 Å². The highest BCUT2D eigenvalue weighted by Gasteiger charge is 2.20. The van der Waals surface area contributed by atoms with Crippen LogP contribution in [0.4, 0.5) is 4.79 Å². The van der Waals surface area contributed by atoms with Gasteiger partial charge < -0.3 is 19.9 Å². The highest BCUT2D eigenvalue weighted by atomic mass is 16.6. The lowest BCUT2D eigenvalue weighted by Gasteiger charge is -2.14. The van der Waals surface area contributed by atoms with Crippen molar-refractivity contribution in [2.75, 3.05) is 20.3 Å².